The molecule has 0 radical (unpaired) electrons. The molecule has 0 unspecified atom stereocenters. The number of carbonyl (C=O) groups excluding carboxylic acids is 2. The van der Waals surface area contributed by atoms with E-state index in [-0.39, 0.29) is 28.4 Å². The van der Waals surface area contributed by atoms with E-state index >= 15 is 0 Å². The van der Waals surface area contributed by atoms with E-state index in [2.05, 4.69) is 36.5 Å². The number of aromatic hydroxyl groups is 1. The summed E-state index contributed by atoms with van der Waals surface area (Å²) in [6.45, 7) is 2.18. The number of fused-ring (bicyclic) bond motifs is 2. The number of hydrogen-bond acceptors (Lipinski definition) is 4. The van der Waals surface area contributed by atoms with Crippen LogP contribution in [0.1, 0.15) is 57.2 Å². The predicted molar refractivity (Wildman–Crippen MR) is 115 cm³/mol. The molecule has 4 rings (SSSR count). The molecule has 3 aromatic carbocycles. The summed E-state index contributed by atoms with van der Waals surface area (Å²) in [5.74, 6) is -0.753. The topological polar surface area (TPSA) is 66.4 Å². The fourth-order valence-corrected chi connectivity index (χ4v) is 3.89. The van der Waals surface area contributed by atoms with Crippen LogP contribution >= 0.6 is 0 Å². The van der Waals surface area contributed by atoms with Crippen LogP contribution in [0.4, 0.5) is 5.69 Å². The highest BCUT2D eigenvalue weighted by atomic mass is 16.3. The van der Waals surface area contributed by atoms with Gasteiger partial charge in [-0.1, -0.05) is 43.7 Å². The third-order valence-electron chi connectivity index (χ3n) is 5.52. The monoisotopic (exact) mass is 385 g/mol. The van der Waals surface area contributed by atoms with Gasteiger partial charge in [0.15, 0.2) is 11.6 Å². The molecule has 146 valence electrons. The van der Waals surface area contributed by atoms with Crippen molar-refractivity contribution in [3.05, 3.63) is 82.4 Å². The molecule has 4 nitrogen and oxygen atoms in total. The van der Waals surface area contributed by atoms with Crippen molar-refractivity contribution in [3.63, 3.8) is 0 Å². The molecule has 0 amide bonds. The molecule has 0 aromatic heterocycles. The number of phenols is 1. The number of phenolic OH excluding ortho intramolecular Hbond substituents is 1. The van der Waals surface area contributed by atoms with Crippen LogP contribution in [-0.4, -0.2) is 23.7 Å². The molecule has 4 heteroatoms. The van der Waals surface area contributed by atoms with Crippen LogP contribution in [0.25, 0.3) is 11.1 Å². The van der Waals surface area contributed by atoms with Crippen LogP contribution in [-0.2, 0) is 6.42 Å². The van der Waals surface area contributed by atoms with Gasteiger partial charge in [0.05, 0.1) is 11.1 Å². The summed E-state index contributed by atoms with van der Waals surface area (Å²) in [7, 11) is 1.69. The zero-order valence-corrected chi connectivity index (χ0v) is 16.6. The number of hydrogen-bond donors (Lipinski definition) is 2. The van der Waals surface area contributed by atoms with Crippen molar-refractivity contribution in [1.29, 1.82) is 0 Å². The average molecular weight is 385 g/mol. The first-order valence-electron chi connectivity index (χ1n) is 9.91. The van der Waals surface area contributed by atoms with Crippen molar-refractivity contribution < 1.29 is 14.7 Å². The second kappa shape index (κ2) is 7.55. The third kappa shape index (κ3) is 3.21. The minimum Gasteiger partial charge on any atom is -0.507 e. The standard InChI is InChI=1S/C25H23NO3/c1-3-4-5-15-6-8-16(9-7-15)17-10-11-18-19(14-17)25(29)22-20(26-2)12-13-21(27)23(22)24(18)28/h6-14,26-27H,3-5H2,1-2H3. The Balaban J connectivity index is 1.77. The van der Waals surface area contributed by atoms with Crippen molar-refractivity contribution >= 4 is 17.3 Å². The average Bonchev–Trinajstić information content (AvgIpc) is 2.76. The lowest BCUT2D eigenvalue weighted by Crippen LogP contribution is -2.22. The number of unbranched alkanes of at least 4 members (excludes halogenated alkanes) is 1. The Kier molecular flexibility index (Phi) is 4.93. The first-order valence-corrected chi connectivity index (χ1v) is 9.91. The Bertz CT molecular complexity index is 1110. The Morgan fingerprint density at radius 3 is 2.21 bits per heavy atom. The molecule has 0 atom stereocenters. The summed E-state index contributed by atoms with van der Waals surface area (Å²) in [6.07, 6.45) is 3.38. The number of rotatable bonds is 5. The van der Waals surface area contributed by atoms with Gasteiger partial charge in [0.25, 0.3) is 0 Å². The lowest BCUT2D eigenvalue weighted by Gasteiger charge is -2.21. The zero-order chi connectivity index (χ0) is 20.5. The molecular weight excluding hydrogens is 362 g/mol. The van der Waals surface area contributed by atoms with E-state index in [0.717, 1.165) is 30.4 Å². The Hall–Kier alpha value is -3.40. The Morgan fingerprint density at radius 1 is 0.828 bits per heavy atom. The van der Waals surface area contributed by atoms with E-state index < -0.39 is 0 Å². The van der Waals surface area contributed by atoms with E-state index in [1.54, 1.807) is 25.2 Å². The molecule has 3 aromatic rings. The Labute approximate surface area is 170 Å². The molecular formula is C25H23NO3. The summed E-state index contributed by atoms with van der Waals surface area (Å²) in [5, 5.41) is 13.2. The van der Waals surface area contributed by atoms with E-state index in [9.17, 15) is 14.7 Å². The van der Waals surface area contributed by atoms with Crippen molar-refractivity contribution in [2.45, 2.75) is 26.2 Å². The molecule has 0 aliphatic heterocycles. The van der Waals surface area contributed by atoms with Crippen LogP contribution in [0.2, 0.25) is 0 Å². The van der Waals surface area contributed by atoms with Gasteiger partial charge in [-0.05, 0) is 53.8 Å². The molecule has 1 aliphatic rings. The molecule has 0 saturated heterocycles. The number of anilines is 1. The summed E-state index contributed by atoms with van der Waals surface area (Å²) in [4.78, 5) is 26.2. The van der Waals surface area contributed by atoms with Crippen LogP contribution in [0, 0.1) is 0 Å². The molecule has 0 heterocycles. The second-order valence-electron chi connectivity index (χ2n) is 7.35. The number of ketones is 2. The lowest BCUT2D eigenvalue weighted by molar-refractivity contribution is 0.0977. The van der Waals surface area contributed by atoms with Crippen molar-refractivity contribution in [2.75, 3.05) is 12.4 Å². The van der Waals surface area contributed by atoms with Crippen molar-refractivity contribution in [1.82, 2.24) is 0 Å². The summed E-state index contributed by atoms with van der Waals surface area (Å²) in [5.41, 5.74) is 4.73. The summed E-state index contributed by atoms with van der Waals surface area (Å²) >= 11 is 0. The molecule has 0 bridgehead atoms. The van der Waals surface area contributed by atoms with Gasteiger partial charge in [0.1, 0.15) is 5.75 Å². The minimum atomic E-state index is -0.328. The fourth-order valence-electron chi connectivity index (χ4n) is 3.89. The maximum absolute atomic E-state index is 13.2. The maximum atomic E-state index is 13.2. The number of carbonyl (C=O) groups is 2. The van der Waals surface area contributed by atoms with E-state index in [1.165, 1.54) is 11.6 Å². The highest BCUT2D eigenvalue weighted by Crippen LogP contribution is 2.38. The zero-order valence-electron chi connectivity index (χ0n) is 16.6. The summed E-state index contributed by atoms with van der Waals surface area (Å²) < 4.78 is 0. The highest BCUT2D eigenvalue weighted by molar-refractivity contribution is 6.31. The largest absolute Gasteiger partial charge is 0.507 e. The summed E-state index contributed by atoms with van der Waals surface area (Å²) in [6, 6.07) is 16.7. The molecule has 0 fully saturated rings. The van der Waals surface area contributed by atoms with E-state index in [1.807, 2.05) is 6.07 Å². The first-order chi connectivity index (χ1) is 14.0. The SMILES string of the molecule is CCCCc1ccc(-c2ccc3c(c2)C(=O)c2c(NC)ccc(O)c2C3=O)cc1. The smallest absolute Gasteiger partial charge is 0.198 e. The van der Waals surface area contributed by atoms with Gasteiger partial charge < -0.3 is 10.4 Å². The van der Waals surface area contributed by atoms with E-state index in [0.29, 0.717) is 16.8 Å². The molecule has 0 saturated carbocycles. The van der Waals surface area contributed by atoms with Crippen LogP contribution in [0.3, 0.4) is 0 Å². The van der Waals surface area contributed by atoms with Crippen molar-refractivity contribution in [3.8, 4) is 16.9 Å². The van der Waals surface area contributed by atoms with Gasteiger partial charge in [-0.3, -0.25) is 9.59 Å². The first kappa shape index (κ1) is 18.9. The highest BCUT2D eigenvalue weighted by Gasteiger charge is 2.34. The third-order valence-corrected chi connectivity index (χ3v) is 5.52. The maximum Gasteiger partial charge on any atom is 0.198 e. The molecule has 2 N–H and O–H groups in total. The van der Waals surface area contributed by atoms with Crippen LogP contribution in [0.5, 0.6) is 5.75 Å². The number of nitrogens with one attached hydrogen (secondary N) is 1. The van der Waals surface area contributed by atoms with Gasteiger partial charge in [-0.25, -0.2) is 0 Å². The lowest BCUT2D eigenvalue weighted by atomic mass is 9.81. The van der Waals surface area contributed by atoms with Gasteiger partial charge in [-0.15, -0.1) is 0 Å². The fraction of sp³-hybridized carbons (Fsp3) is 0.200. The molecule has 0 spiro atoms. The Morgan fingerprint density at radius 2 is 1.52 bits per heavy atom. The van der Waals surface area contributed by atoms with E-state index in [4.69, 9.17) is 0 Å². The molecule has 1 aliphatic carbocycles. The molecule has 29 heavy (non-hydrogen) atoms. The number of benzene rings is 3. The number of aryl methyl sites for hydroxylation is 1. The quantitative estimate of drug-likeness (QED) is 0.462. The van der Waals surface area contributed by atoms with Crippen LogP contribution in [0.15, 0.2) is 54.6 Å². The minimum absolute atomic E-state index is 0.0716. The normalized spacial score (nSPS) is 12.5. The second-order valence-corrected chi connectivity index (χ2v) is 7.35. The van der Waals surface area contributed by atoms with Crippen molar-refractivity contribution in [2.24, 2.45) is 0 Å². The van der Waals surface area contributed by atoms with Gasteiger partial charge in [0.2, 0.25) is 0 Å². The van der Waals surface area contributed by atoms with Gasteiger partial charge >= 0.3 is 0 Å². The van der Waals surface area contributed by atoms with Crippen LogP contribution < -0.4 is 5.32 Å². The van der Waals surface area contributed by atoms with Gasteiger partial charge in [0, 0.05) is 23.9 Å². The predicted octanol–water partition coefficient (Wildman–Crippen LogP) is 5.22. The van der Waals surface area contributed by atoms with Gasteiger partial charge in [-0.2, -0.15) is 0 Å².